The number of anilines is 1. The van der Waals surface area contributed by atoms with Gasteiger partial charge in [-0.3, -0.25) is 4.90 Å². The van der Waals surface area contributed by atoms with Gasteiger partial charge < -0.3 is 29.4 Å². The van der Waals surface area contributed by atoms with E-state index in [0.29, 0.717) is 23.1 Å². The number of hydrogen-bond acceptors (Lipinski definition) is 10. The molecular weight excluding hydrogens is 571 g/mol. The molecule has 0 radical (unpaired) electrons. The van der Waals surface area contributed by atoms with E-state index in [1.807, 2.05) is 6.07 Å². The van der Waals surface area contributed by atoms with Gasteiger partial charge in [0.2, 0.25) is 6.79 Å². The van der Waals surface area contributed by atoms with Crippen LogP contribution in [0.1, 0.15) is 17.0 Å². The van der Waals surface area contributed by atoms with Crippen molar-refractivity contribution in [3.05, 3.63) is 101 Å². The molecule has 0 saturated heterocycles. The summed E-state index contributed by atoms with van der Waals surface area (Å²) < 4.78 is 68.5. The standard InChI is InChI=1S/C30H22F3N3O7/c1-39-28(37)25-24(16-6-4-3-5-7-16)19(14-34)27(35)36(26(25)29(38)40-2)20-12-17(30(31,32)33)8-10-21(20)43-18-9-11-22-23(13-18)42-15-41-22/h3-13,24H,15,35H2,1-2H3. The van der Waals surface area contributed by atoms with E-state index < -0.39 is 46.8 Å². The quantitative estimate of drug-likeness (QED) is 0.384. The summed E-state index contributed by atoms with van der Waals surface area (Å²) in [5.41, 5.74) is 4.18. The van der Waals surface area contributed by atoms with E-state index in [1.165, 1.54) is 12.1 Å². The predicted molar refractivity (Wildman–Crippen MR) is 144 cm³/mol. The number of benzene rings is 3. The largest absolute Gasteiger partial charge is 0.466 e. The van der Waals surface area contributed by atoms with Gasteiger partial charge in [0.25, 0.3) is 0 Å². The number of nitrogens with two attached hydrogens (primary N) is 1. The molecule has 5 rings (SSSR count). The van der Waals surface area contributed by atoms with Crippen molar-refractivity contribution in [1.82, 2.24) is 0 Å². The first-order chi connectivity index (χ1) is 20.6. The molecule has 0 amide bonds. The highest BCUT2D eigenvalue weighted by Crippen LogP contribution is 2.48. The molecule has 1 unspecified atom stereocenters. The predicted octanol–water partition coefficient (Wildman–Crippen LogP) is 5.12. The van der Waals surface area contributed by atoms with Gasteiger partial charge in [-0.1, -0.05) is 30.3 Å². The van der Waals surface area contributed by atoms with Crippen LogP contribution < -0.4 is 24.8 Å². The van der Waals surface area contributed by atoms with Gasteiger partial charge in [-0.2, -0.15) is 18.4 Å². The zero-order chi connectivity index (χ0) is 30.9. The van der Waals surface area contributed by atoms with Crippen LogP contribution in [0.15, 0.2) is 89.4 Å². The Balaban J connectivity index is 1.80. The highest BCUT2D eigenvalue weighted by Gasteiger charge is 2.44. The normalized spacial score (nSPS) is 16.1. The second-order valence-corrected chi connectivity index (χ2v) is 9.13. The average molecular weight is 594 g/mol. The zero-order valence-electron chi connectivity index (χ0n) is 22.6. The molecule has 0 aliphatic carbocycles. The molecule has 1 atom stereocenters. The molecule has 13 heteroatoms. The van der Waals surface area contributed by atoms with Crippen LogP contribution in [-0.2, 0) is 25.2 Å². The highest BCUT2D eigenvalue weighted by atomic mass is 19.4. The Morgan fingerprint density at radius 3 is 2.33 bits per heavy atom. The van der Waals surface area contributed by atoms with E-state index in [9.17, 15) is 28.0 Å². The fourth-order valence-electron chi connectivity index (χ4n) is 4.79. The summed E-state index contributed by atoms with van der Waals surface area (Å²) in [5, 5.41) is 10.2. The third kappa shape index (κ3) is 5.26. The lowest BCUT2D eigenvalue weighted by atomic mass is 9.81. The molecule has 0 aromatic heterocycles. The molecule has 0 fully saturated rings. The van der Waals surface area contributed by atoms with E-state index in [1.54, 1.807) is 36.4 Å². The summed E-state index contributed by atoms with van der Waals surface area (Å²) in [4.78, 5) is 27.5. The molecule has 10 nitrogen and oxygen atoms in total. The molecule has 3 aromatic carbocycles. The smallest absolute Gasteiger partial charge is 0.416 e. The first-order valence-electron chi connectivity index (χ1n) is 12.5. The van der Waals surface area contributed by atoms with Crippen molar-refractivity contribution in [2.45, 2.75) is 12.1 Å². The minimum absolute atomic E-state index is 0.0253. The van der Waals surface area contributed by atoms with E-state index in [4.69, 9.17) is 29.4 Å². The van der Waals surface area contributed by atoms with Gasteiger partial charge in [0.05, 0.1) is 48.6 Å². The van der Waals surface area contributed by atoms with Gasteiger partial charge in [-0.15, -0.1) is 0 Å². The number of methoxy groups -OCH3 is 2. The number of alkyl halides is 3. The van der Waals surface area contributed by atoms with Gasteiger partial charge >= 0.3 is 18.1 Å². The van der Waals surface area contributed by atoms with Crippen LogP contribution in [0.3, 0.4) is 0 Å². The number of rotatable bonds is 6. The van der Waals surface area contributed by atoms with Crippen LogP contribution in [0.5, 0.6) is 23.0 Å². The number of carbonyl (C=O) groups excluding carboxylic acids is 2. The maximum absolute atomic E-state index is 14.0. The molecule has 3 aromatic rings. The first kappa shape index (κ1) is 28.9. The monoisotopic (exact) mass is 593 g/mol. The van der Waals surface area contributed by atoms with Crippen molar-refractivity contribution in [1.29, 1.82) is 5.26 Å². The number of fused-ring (bicyclic) bond motifs is 1. The van der Waals surface area contributed by atoms with Crippen molar-refractivity contribution >= 4 is 17.6 Å². The van der Waals surface area contributed by atoms with Crippen LogP contribution in [0, 0.1) is 11.3 Å². The van der Waals surface area contributed by atoms with Crippen LogP contribution in [-0.4, -0.2) is 33.0 Å². The lowest BCUT2D eigenvalue weighted by molar-refractivity contribution is -0.139. The molecule has 2 heterocycles. The van der Waals surface area contributed by atoms with Crippen LogP contribution in [0.2, 0.25) is 0 Å². The Hall–Kier alpha value is -5.64. The summed E-state index contributed by atoms with van der Waals surface area (Å²) in [7, 11) is 2.08. The number of hydrogen-bond donors (Lipinski definition) is 1. The molecule has 220 valence electrons. The number of allylic oxidation sites excluding steroid dienone is 1. The van der Waals surface area contributed by atoms with Crippen molar-refractivity contribution in [2.75, 3.05) is 25.9 Å². The van der Waals surface area contributed by atoms with Crippen molar-refractivity contribution in [3.63, 3.8) is 0 Å². The maximum Gasteiger partial charge on any atom is 0.416 e. The fraction of sp³-hybridized carbons (Fsp3) is 0.167. The van der Waals surface area contributed by atoms with Crippen LogP contribution in [0.25, 0.3) is 0 Å². The van der Waals surface area contributed by atoms with Gasteiger partial charge in [0.15, 0.2) is 17.2 Å². The van der Waals surface area contributed by atoms with Gasteiger partial charge in [0.1, 0.15) is 17.3 Å². The Labute approximate surface area is 242 Å². The number of ether oxygens (including phenoxy) is 5. The first-order valence-corrected chi connectivity index (χ1v) is 12.5. The average Bonchev–Trinajstić information content (AvgIpc) is 3.48. The Morgan fingerprint density at radius 1 is 0.977 bits per heavy atom. The Kier molecular flexibility index (Phi) is 7.60. The van der Waals surface area contributed by atoms with Crippen LogP contribution in [0.4, 0.5) is 18.9 Å². The van der Waals surface area contributed by atoms with E-state index in [0.717, 1.165) is 31.3 Å². The van der Waals surface area contributed by atoms with Gasteiger partial charge in [-0.25, -0.2) is 9.59 Å². The maximum atomic E-state index is 14.0. The van der Waals surface area contributed by atoms with E-state index in [-0.39, 0.29) is 29.4 Å². The topological polar surface area (TPSA) is 133 Å². The minimum atomic E-state index is -4.83. The van der Waals surface area contributed by atoms with Crippen molar-refractivity contribution in [2.24, 2.45) is 5.73 Å². The van der Waals surface area contributed by atoms with Gasteiger partial charge in [0, 0.05) is 6.07 Å². The molecule has 0 spiro atoms. The second kappa shape index (κ2) is 11.3. The third-order valence-electron chi connectivity index (χ3n) is 6.71. The Bertz CT molecular complexity index is 1710. The molecule has 2 aliphatic rings. The lowest BCUT2D eigenvalue weighted by Gasteiger charge is -2.36. The summed E-state index contributed by atoms with van der Waals surface area (Å²) >= 11 is 0. The van der Waals surface area contributed by atoms with E-state index in [2.05, 4.69) is 0 Å². The van der Waals surface area contributed by atoms with E-state index >= 15 is 0 Å². The SMILES string of the molecule is COC(=O)C1=C(C(=O)OC)N(c2cc(C(F)(F)F)ccc2Oc2ccc3c(c2)OCO3)C(N)=C(C#N)C1c1ccccc1. The van der Waals surface area contributed by atoms with Crippen molar-refractivity contribution < 1.29 is 46.4 Å². The number of nitriles is 1. The highest BCUT2D eigenvalue weighted by molar-refractivity contribution is 6.06. The fourth-order valence-corrected chi connectivity index (χ4v) is 4.79. The molecule has 43 heavy (non-hydrogen) atoms. The molecular formula is C30H22F3N3O7. The molecule has 0 saturated carbocycles. The molecule has 2 aliphatic heterocycles. The number of nitrogens with zero attached hydrogens (tertiary/aromatic N) is 2. The molecule has 2 N–H and O–H groups in total. The summed E-state index contributed by atoms with van der Waals surface area (Å²) in [5.74, 6) is -3.11. The van der Waals surface area contributed by atoms with Crippen LogP contribution >= 0.6 is 0 Å². The lowest BCUT2D eigenvalue weighted by Crippen LogP contribution is -2.41. The number of esters is 2. The summed E-state index contributed by atoms with van der Waals surface area (Å²) in [6.07, 6.45) is -4.83. The van der Waals surface area contributed by atoms with Crippen molar-refractivity contribution in [3.8, 4) is 29.1 Å². The number of halogens is 3. The van der Waals surface area contributed by atoms with Gasteiger partial charge in [-0.05, 0) is 35.9 Å². The summed E-state index contributed by atoms with van der Waals surface area (Å²) in [6.45, 7) is -0.0253. The second-order valence-electron chi connectivity index (χ2n) is 9.13. The molecule has 0 bridgehead atoms. The number of carbonyl (C=O) groups is 2. The third-order valence-corrected chi connectivity index (χ3v) is 6.71. The zero-order valence-corrected chi connectivity index (χ0v) is 22.6. The minimum Gasteiger partial charge on any atom is -0.466 e. The summed E-state index contributed by atoms with van der Waals surface area (Å²) in [6, 6.07) is 17.1. The Morgan fingerprint density at radius 2 is 1.67 bits per heavy atom.